The number of carbonyl (C=O) groups excluding carboxylic acids is 2. The number of nitrogens with one attached hydrogen (secondary N) is 2. The molecule has 0 fully saturated rings. The van der Waals surface area contributed by atoms with Crippen LogP contribution in [0.2, 0.25) is 0 Å². The van der Waals surface area contributed by atoms with Gasteiger partial charge in [0.1, 0.15) is 12.3 Å². The molecule has 1 aromatic heterocycles. The van der Waals surface area contributed by atoms with E-state index in [0.29, 0.717) is 17.3 Å². The number of anilines is 2. The summed E-state index contributed by atoms with van der Waals surface area (Å²) < 4.78 is 5.77. The molecular weight excluding hydrogens is 416 g/mol. The van der Waals surface area contributed by atoms with E-state index in [1.807, 2.05) is 65.0 Å². The normalized spacial score (nSPS) is 10.5. The van der Waals surface area contributed by atoms with Crippen LogP contribution in [0.15, 0.2) is 48.7 Å². The van der Waals surface area contributed by atoms with Crippen LogP contribution in [0, 0.1) is 34.6 Å². The molecule has 3 amide bonds. The highest BCUT2D eigenvalue weighted by Crippen LogP contribution is 2.23. The first-order chi connectivity index (χ1) is 15.6. The smallest absolute Gasteiger partial charge is 0.322 e. The Morgan fingerprint density at radius 3 is 2.18 bits per heavy atom. The van der Waals surface area contributed by atoms with Crippen molar-refractivity contribution in [1.82, 2.24) is 9.88 Å². The van der Waals surface area contributed by atoms with Crippen molar-refractivity contribution in [2.45, 2.75) is 34.6 Å². The highest BCUT2D eigenvalue weighted by Gasteiger charge is 2.15. The zero-order valence-electron chi connectivity index (χ0n) is 19.9. The van der Waals surface area contributed by atoms with E-state index in [1.165, 1.54) is 16.7 Å². The molecular formula is C26H30N4O3. The standard InChI is InChI=1S/C26H30N4O3/c1-16-11-19(4)25(20(5)12-16)29-23(31)15-30(6)26(32)28-21-8-10-24(27-14-21)33-22-9-7-17(2)18(3)13-22/h7-14H,15H2,1-6H3,(H,28,32)(H,29,31). The number of benzene rings is 2. The molecule has 0 radical (unpaired) electrons. The van der Waals surface area contributed by atoms with Crippen LogP contribution in [0.4, 0.5) is 16.2 Å². The number of aromatic nitrogens is 1. The van der Waals surface area contributed by atoms with Gasteiger partial charge in [-0.2, -0.15) is 0 Å². The fourth-order valence-corrected chi connectivity index (χ4v) is 3.48. The van der Waals surface area contributed by atoms with Gasteiger partial charge in [0, 0.05) is 18.8 Å². The van der Waals surface area contributed by atoms with E-state index in [0.717, 1.165) is 27.9 Å². The minimum absolute atomic E-state index is 0.0833. The first-order valence-electron chi connectivity index (χ1n) is 10.7. The summed E-state index contributed by atoms with van der Waals surface area (Å²) in [6.45, 7) is 9.90. The third-order valence-corrected chi connectivity index (χ3v) is 5.36. The Labute approximate surface area is 194 Å². The first-order valence-corrected chi connectivity index (χ1v) is 10.7. The molecule has 0 saturated carbocycles. The summed E-state index contributed by atoms with van der Waals surface area (Å²) in [5.41, 5.74) is 6.72. The molecule has 3 aromatic rings. The van der Waals surface area contributed by atoms with E-state index >= 15 is 0 Å². The van der Waals surface area contributed by atoms with Gasteiger partial charge >= 0.3 is 6.03 Å². The van der Waals surface area contributed by atoms with Gasteiger partial charge in [0.05, 0.1) is 11.9 Å². The van der Waals surface area contributed by atoms with Gasteiger partial charge in [-0.15, -0.1) is 0 Å². The Morgan fingerprint density at radius 1 is 0.879 bits per heavy atom. The molecule has 172 valence electrons. The highest BCUT2D eigenvalue weighted by atomic mass is 16.5. The van der Waals surface area contributed by atoms with E-state index in [-0.39, 0.29) is 12.5 Å². The molecule has 0 spiro atoms. The van der Waals surface area contributed by atoms with Crippen LogP contribution in [0.1, 0.15) is 27.8 Å². The number of hydrogen-bond acceptors (Lipinski definition) is 4. The molecule has 0 unspecified atom stereocenters. The second kappa shape index (κ2) is 10.2. The summed E-state index contributed by atoms with van der Waals surface area (Å²) in [5, 5.41) is 5.64. The molecule has 0 aliphatic rings. The predicted octanol–water partition coefficient (Wildman–Crippen LogP) is 5.52. The van der Waals surface area contributed by atoms with Crippen molar-refractivity contribution in [2.75, 3.05) is 24.2 Å². The number of ether oxygens (including phenoxy) is 1. The second-order valence-electron chi connectivity index (χ2n) is 8.34. The lowest BCUT2D eigenvalue weighted by atomic mass is 10.1. The van der Waals surface area contributed by atoms with Gasteiger partial charge in [0.15, 0.2) is 0 Å². The summed E-state index contributed by atoms with van der Waals surface area (Å²) in [4.78, 5) is 30.5. The van der Waals surface area contributed by atoms with Crippen molar-refractivity contribution in [3.8, 4) is 11.6 Å². The van der Waals surface area contributed by atoms with Gasteiger partial charge in [-0.05, 0) is 75.1 Å². The van der Waals surface area contributed by atoms with Crippen LogP contribution in [0.25, 0.3) is 0 Å². The fraction of sp³-hybridized carbons (Fsp3) is 0.269. The van der Waals surface area contributed by atoms with Crippen molar-refractivity contribution in [1.29, 1.82) is 0 Å². The maximum Gasteiger partial charge on any atom is 0.322 e. The molecule has 3 rings (SSSR count). The van der Waals surface area contributed by atoms with Crippen LogP contribution < -0.4 is 15.4 Å². The van der Waals surface area contributed by atoms with Gasteiger partial charge < -0.3 is 20.3 Å². The van der Waals surface area contributed by atoms with Gasteiger partial charge in [0.25, 0.3) is 0 Å². The summed E-state index contributed by atoms with van der Waals surface area (Å²) in [6.07, 6.45) is 1.52. The van der Waals surface area contributed by atoms with E-state index in [1.54, 1.807) is 19.2 Å². The van der Waals surface area contributed by atoms with E-state index in [4.69, 9.17) is 4.74 Å². The minimum Gasteiger partial charge on any atom is -0.439 e. The Hall–Kier alpha value is -3.87. The average Bonchev–Trinajstić information content (AvgIpc) is 2.74. The van der Waals surface area contributed by atoms with Crippen LogP contribution in [-0.4, -0.2) is 35.4 Å². The number of urea groups is 1. The van der Waals surface area contributed by atoms with Crippen LogP contribution in [-0.2, 0) is 4.79 Å². The molecule has 33 heavy (non-hydrogen) atoms. The Balaban J connectivity index is 1.55. The van der Waals surface area contributed by atoms with Gasteiger partial charge in [-0.3, -0.25) is 4.79 Å². The number of likely N-dealkylation sites (N-methyl/N-ethyl adjacent to an activating group) is 1. The molecule has 0 aliphatic carbocycles. The Kier molecular flexibility index (Phi) is 7.33. The van der Waals surface area contributed by atoms with E-state index in [9.17, 15) is 9.59 Å². The zero-order valence-corrected chi connectivity index (χ0v) is 19.9. The highest BCUT2D eigenvalue weighted by molar-refractivity contribution is 5.97. The Morgan fingerprint density at radius 2 is 1.58 bits per heavy atom. The maximum absolute atomic E-state index is 12.5. The minimum atomic E-state index is -0.410. The van der Waals surface area contributed by atoms with E-state index < -0.39 is 6.03 Å². The van der Waals surface area contributed by atoms with Crippen molar-refractivity contribution in [2.24, 2.45) is 0 Å². The monoisotopic (exact) mass is 446 g/mol. The molecule has 0 atom stereocenters. The summed E-state index contributed by atoms with van der Waals surface area (Å²) in [6, 6.07) is 12.8. The number of amides is 3. The molecule has 0 saturated heterocycles. The number of carbonyl (C=O) groups is 2. The van der Waals surface area contributed by atoms with Crippen LogP contribution >= 0.6 is 0 Å². The fourth-order valence-electron chi connectivity index (χ4n) is 3.48. The van der Waals surface area contributed by atoms with E-state index in [2.05, 4.69) is 15.6 Å². The number of aryl methyl sites for hydroxylation is 5. The van der Waals surface area contributed by atoms with Gasteiger partial charge in [-0.1, -0.05) is 23.8 Å². The number of rotatable bonds is 6. The molecule has 0 aliphatic heterocycles. The summed E-state index contributed by atoms with van der Waals surface area (Å²) in [7, 11) is 1.56. The third kappa shape index (κ3) is 6.32. The third-order valence-electron chi connectivity index (χ3n) is 5.36. The van der Waals surface area contributed by atoms with Crippen molar-refractivity contribution in [3.05, 3.63) is 76.5 Å². The average molecular weight is 447 g/mol. The lowest BCUT2D eigenvalue weighted by molar-refractivity contribution is -0.116. The lowest BCUT2D eigenvalue weighted by Crippen LogP contribution is -2.37. The molecule has 7 heteroatoms. The SMILES string of the molecule is Cc1cc(C)c(NC(=O)CN(C)C(=O)Nc2ccc(Oc3ccc(C)c(C)c3)nc2)c(C)c1. The van der Waals surface area contributed by atoms with Gasteiger partial charge in [0.2, 0.25) is 11.8 Å². The number of nitrogens with zero attached hydrogens (tertiary/aromatic N) is 2. The molecule has 2 N–H and O–H groups in total. The predicted molar refractivity (Wildman–Crippen MR) is 131 cm³/mol. The topological polar surface area (TPSA) is 83.6 Å². The van der Waals surface area contributed by atoms with Crippen molar-refractivity contribution >= 4 is 23.3 Å². The summed E-state index contributed by atoms with van der Waals surface area (Å²) in [5.74, 6) is 0.859. The molecule has 1 heterocycles. The van der Waals surface area contributed by atoms with Crippen LogP contribution in [0.3, 0.4) is 0 Å². The number of hydrogen-bond donors (Lipinski definition) is 2. The molecule has 0 bridgehead atoms. The molecule has 7 nitrogen and oxygen atoms in total. The summed E-state index contributed by atoms with van der Waals surface area (Å²) >= 11 is 0. The van der Waals surface area contributed by atoms with Crippen molar-refractivity contribution < 1.29 is 14.3 Å². The van der Waals surface area contributed by atoms with Crippen molar-refractivity contribution in [3.63, 3.8) is 0 Å². The maximum atomic E-state index is 12.5. The lowest BCUT2D eigenvalue weighted by Gasteiger charge is -2.19. The number of pyridine rings is 1. The van der Waals surface area contributed by atoms with Gasteiger partial charge in [-0.25, -0.2) is 9.78 Å². The molecule has 2 aromatic carbocycles. The largest absolute Gasteiger partial charge is 0.439 e. The zero-order chi connectivity index (χ0) is 24.1. The first kappa shape index (κ1) is 23.8. The second-order valence-corrected chi connectivity index (χ2v) is 8.34. The van der Waals surface area contributed by atoms with Crippen LogP contribution in [0.5, 0.6) is 11.6 Å². The Bertz CT molecular complexity index is 1150. The quantitative estimate of drug-likeness (QED) is 0.522.